The molecule has 0 radical (unpaired) electrons. The van der Waals surface area contributed by atoms with Gasteiger partial charge in [-0.05, 0) is 18.8 Å². The third-order valence-corrected chi connectivity index (χ3v) is 5.17. The zero-order valence-corrected chi connectivity index (χ0v) is 18.3. The van der Waals surface area contributed by atoms with Crippen molar-refractivity contribution >= 4 is 5.97 Å². The molecule has 0 aliphatic carbocycles. The number of hydrogen-bond acceptors (Lipinski definition) is 2. The molecule has 2 heteroatoms. The summed E-state index contributed by atoms with van der Waals surface area (Å²) in [6, 6.07) is 0. The second kappa shape index (κ2) is 20.8. The molecular formula is C24H48O2. The Bertz CT molecular complexity index is 286. The van der Waals surface area contributed by atoms with Crippen LogP contribution in [0.1, 0.15) is 136 Å². The zero-order chi connectivity index (χ0) is 19.3. The van der Waals surface area contributed by atoms with Crippen molar-refractivity contribution in [1.29, 1.82) is 0 Å². The molecule has 0 aromatic heterocycles. The highest BCUT2D eigenvalue weighted by Crippen LogP contribution is 2.13. The van der Waals surface area contributed by atoms with Crippen LogP contribution in [0.5, 0.6) is 0 Å². The van der Waals surface area contributed by atoms with Gasteiger partial charge in [-0.15, -0.1) is 0 Å². The number of hydrogen-bond donors (Lipinski definition) is 0. The lowest BCUT2D eigenvalue weighted by Crippen LogP contribution is -2.05. The van der Waals surface area contributed by atoms with Crippen molar-refractivity contribution in [2.24, 2.45) is 5.92 Å². The maximum Gasteiger partial charge on any atom is 0.305 e. The van der Waals surface area contributed by atoms with Crippen LogP contribution < -0.4 is 0 Å². The summed E-state index contributed by atoms with van der Waals surface area (Å²) >= 11 is 0. The molecule has 156 valence electrons. The molecule has 0 aromatic rings. The Hall–Kier alpha value is -0.530. The molecule has 0 atom stereocenters. The highest BCUT2D eigenvalue weighted by molar-refractivity contribution is 5.69. The van der Waals surface area contributed by atoms with E-state index in [4.69, 9.17) is 4.74 Å². The topological polar surface area (TPSA) is 26.3 Å². The van der Waals surface area contributed by atoms with E-state index in [1.807, 2.05) is 0 Å². The van der Waals surface area contributed by atoms with Gasteiger partial charge in [-0.1, -0.05) is 117 Å². The maximum atomic E-state index is 11.7. The summed E-state index contributed by atoms with van der Waals surface area (Å²) in [5.41, 5.74) is 0. The highest BCUT2D eigenvalue weighted by Gasteiger charge is 2.02. The van der Waals surface area contributed by atoms with Crippen molar-refractivity contribution < 1.29 is 9.53 Å². The molecule has 0 fully saturated rings. The van der Waals surface area contributed by atoms with Crippen LogP contribution in [-0.4, -0.2) is 12.6 Å². The first-order valence-electron chi connectivity index (χ1n) is 11.8. The van der Waals surface area contributed by atoms with E-state index in [1.165, 1.54) is 96.3 Å². The molecular weight excluding hydrogens is 320 g/mol. The third kappa shape index (κ3) is 21.5. The predicted molar refractivity (Wildman–Crippen MR) is 115 cm³/mol. The van der Waals surface area contributed by atoms with Gasteiger partial charge in [0.05, 0.1) is 6.61 Å². The Balaban J connectivity index is 3.15. The summed E-state index contributed by atoms with van der Waals surface area (Å²) in [4.78, 5) is 11.7. The van der Waals surface area contributed by atoms with Crippen molar-refractivity contribution in [1.82, 2.24) is 0 Å². The van der Waals surface area contributed by atoms with Gasteiger partial charge in [0.2, 0.25) is 0 Å². The molecule has 0 saturated heterocycles. The molecule has 2 nitrogen and oxygen atoms in total. The van der Waals surface area contributed by atoms with Gasteiger partial charge < -0.3 is 4.74 Å². The minimum atomic E-state index is 0.0149. The Kier molecular flexibility index (Phi) is 20.4. The third-order valence-electron chi connectivity index (χ3n) is 5.17. The van der Waals surface area contributed by atoms with Crippen LogP contribution in [0, 0.1) is 5.92 Å². The van der Waals surface area contributed by atoms with Gasteiger partial charge in [-0.2, -0.15) is 0 Å². The predicted octanol–water partition coefficient (Wildman–Crippen LogP) is 8.23. The number of rotatable bonds is 20. The van der Waals surface area contributed by atoms with Crippen molar-refractivity contribution in [2.45, 2.75) is 136 Å². The fourth-order valence-corrected chi connectivity index (χ4v) is 3.38. The van der Waals surface area contributed by atoms with Crippen LogP contribution in [0.25, 0.3) is 0 Å². The zero-order valence-electron chi connectivity index (χ0n) is 18.3. The number of unbranched alkanes of at least 4 members (excludes halogenated alkanes) is 14. The van der Waals surface area contributed by atoms with E-state index in [1.54, 1.807) is 0 Å². The van der Waals surface area contributed by atoms with Gasteiger partial charge in [-0.25, -0.2) is 0 Å². The first kappa shape index (κ1) is 25.5. The van der Waals surface area contributed by atoms with Crippen molar-refractivity contribution in [3.8, 4) is 0 Å². The molecule has 0 aromatic carbocycles. The summed E-state index contributed by atoms with van der Waals surface area (Å²) in [6.45, 7) is 7.50. The molecule has 0 N–H and O–H groups in total. The Labute approximate surface area is 164 Å². The molecule has 0 bridgehead atoms. The number of esters is 1. The van der Waals surface area contributed by atoms with Gasteiger partial charge in [-0.3, -0.25) is 4.79 Å². The molecule has 0 aliphatic rings. The van der Waals surface area contributed by atoms with E-state index in [0.29, 0.717) is 13.0 Å². The largest absolute Gasteiger partial charge is 0.466 e. The van der Waals surface area contributed by atoms with Gasteiger partial charge in [0.15, 0.2) is 0 Å². The Morgan fingerprint density at radius 2 is 1.12 bits per heavy atom. The van der Waals surface area contributed by atoms with Gasteiger partial charge in [0, 0.05) is 6.42 Å². The molecule has 0 aliphatic heterocycles. The van der Waals surface area contributed by atoms with Crippen LogP contribution in [0.3, 0.4) is 0 Å². The van der Waals surface area contributed by atoms with Crippen LogP contribution in [0.4, 0.5) is 0 Å². The van der Waals surface area contributed by atoms with E-state index >= 15 is 0 Å². The average Bonchev–Trinajstić information content (AvgIpc) is 2.61. The number of carbonyl (C=O) groups is 1. The van der Waals surface area contributed by atoms with Crippen molar-refractivity contribution in [2.75, 3.05) is 6.61 Å². The molecule has 0 unspecified atom stereocenters. The monoisotopic (exact) mass is 368 g/mol. The lowest BCUT2D eigenvalue weighted by atomic mass is 10.0. The molecule has 26 heavy (non-hydrogen) atoms. The van der Waals surface area contributed by atoms with Crippen molar-refractivity contribution in [3.05, 3.63) is 0 Å². The van der Waals surface area contributed by atoms with E-state index in [-0.39, 0.29) is 5.97 Å². The van der Waals surface area contributed by atoms with E-state index in [0.717, 1.165) is 18.8 Å². The van der Waals surface area contributed by atoms with Gasteiger partial charge in [0.25, 0.3) is 0 Å². The van der Waals surface area contributed by atoms with Gasteiger partial charge in [0.1, 0.15) is 0 Å². The minimum Gasteiger partial charge on any atom is -0.466 e. The first-order chi connectivity index (χ1) is 12.7. The van der Waals surface area contributed by atoms with Crippen LogP contribution in [-0.2, 0) is 9.53 Å². The molecule has 0 rings (SSSR count). The molecule has 0 heterocycles. The molecule has 0 spiro atoms. The number of ether oxygens (including phenoxy) is 1. The van der Waals surface area contributed by atoms with Crippen LogP contribution in [0.2, 0.25) is 0 Å². The first-order valence-corrected chi connectivity index (χ1v) is 11.8. The molecule has 0 amide bonds. The van der Waals surface area contributed by atoms with Crippen LogP contribution in [0.15, 0.2) is 0 Å². The Morgan fingerprint density at radius 1 is 0.654 bits per heavy atom. The average molecular weight is 369 g/mol. The second-order valence-corrected chi connectivity index (χ2v) is 8.46. The molecule has 0 saturated carbocycles. The normalized spacial score (nSPS) is 11.2. The van der Waals surface area contributed by atoms with E-state index < -0.39 is 0 Å². The smallest absolute Gasteiger partial charge is 0.305 e. The van der Waals surface area contributed by atoms with Crippen LogP contribution >= 0.6 is 0 Å². The highest BCUT2D eigenvalue weighted by atomic mass is 16.5. The SMILES string of the molecule is CCCCCCCCCCC(=O)OCCCCCCCCCCC(C)C. The van der Waals surface area contributed by atoms with E-state index in [2.05, 4.69) is 20.8 Å². The lowest BCUT2D eigenvalue weighted by Gasteiger charge is -2.06. The van der Waals surface area contributed by atoms with Crippen molar-refractivity contribution in [3.63, 3.8) is 0 Å². The minimum absolute atomic E-state index is 0.0149. The standard InChI is InChI=1S/C24H48O2/c1-4-5-6-7-8-12-15-18-21-24(25)26-22-19-16-13-10-9-11-14-17-20-23(2)3/h23H,4-22H2,1-3H3. The fourth-order valence-electron chi connectivity index (χ4n) is 3.38. The second-order valence-electron chi connectivity index (χ2n) is 8.46. The maximum absolute atomic E-state index is 11.7. The van der Waals surface area contributed by atoms with Gasteiger partial charge >= 0.3 is 5.97 Å². The summed E-state index contributed by atoms with van der Waals surface area (Å²) in [7, 11) is 0. The summed E-state index contributed by atoms with van der Waals surface area (Å²) < 4.78 is 5.34. The fraction of sp³-hybridized carbons (Fsp3) is 0.958. The van der Waals surface area contributed by atoms with E-state index in [9.17, 15) is 4.79 Å². The quantitative estimate of drug-likeness (QED) is 0.160. The summed E-state index contributed by atoms with van der Waals surface area (Å²) in [6.07, 6.45) is 22.6. The summed E-state index contributed by atoms with van der Waals surface area (Å²) in [5, 5.41) is 0. The summed E-state index contributed by atoms with van der Waals surface area (Å²) in [5.74, 6) is 0.870. The Morgan fingerprint density at radius 3 is 1.65 bits per heavy atom. The lowest BCUT2D eigenvalue weighted by molar-refractivity contribution is -0.143. The number of carbonyl (C=O) groups excluding carboxylic acids is 1.